The van der Waals surface area contributed by atoms with Crippen molar-refractivity contribution in [2.45, 2.75) is 18.4 Å². The lowest BCUT2D eigenvalue weighted by atomic mass is 9.81. The first kappa shape index (κ1) is 14.7. The zero-order chi connectivity index (χ0) is 14.4. The molecule has 3 nitrogen and oxygen atoms in total. The molecule has 6 N–H and O–H groups in total. The summed E-state index contributed by atoms with van der Waals surface area (Å²) in [4.78, 5) is 0. The maximum atomic E-state index is 6.67. The third-order valence-corrected chi connectivity index (χ3v) is 3.73. The predicted octanol–water partition coefficient (Wildman–Crippen LogP) is 1.74. The Hall–Kier alpha value is -1.68. The molecular weight excluding hydrogens is 246 g/mol. The Morgan fingerprint density at radius 2 is 1.35 bits per heavy atom. The summed E-state index contributed by atoms with van der Waals surface area (Å²) in [6, 6.07) is 18.5. The van der Waals surface area contributed by atoms with Crippen LogP contribution in [0, 0.1) is 0 Å². The van der Waals surface area contributed by atoms with Crippen molar-refractivity contribution in [1.29, 1.82) is 0 Å². The van der Waals surface area contributed by atoms with Gasteiger partial charge in [-0.15, -0.1) is 0 Å². The highest BCUT2D eigenvalue weighted by Gasteiger charge is 2.28. The van der Waals surface area contributed by atoms with Crippen LogP contribution in [0.25, 0.3) is 0 Å². The molecule has 0 aromatic heterocycles. The fraction of sp³-hybridized carbons (Fsp3) is 0.294. The Bertz CT molecular complexity index is 522. The average Bonchev–Trinajstić information content (AvgIpc) is 2.49. The van der Waals surface area contributed by atoms with Crippen molar-refractivity contribution in [3.05, 3.63) is 71.3 Å². The van der Waals surface area contributed by atoms with Crippen LogP contribution in [0.15, 0.2) is 54.6 Å². The third-order valence-electron chi connectivity index (χ3n) is 3.73. The highest BCUT2D eigenvalue weighted by Crippen LogP contribution is 2.30. The van der Waals surface area contributed by atoms with E-state index in [9.17, 15) is 0 Å². The van der Waals surface area contributed by atoms with E-state index in [1.165, 1.54) is 5.56 Å². The standard InChI is InChI=1S/C17H23N3/c18-12-10-14-6-8-16(9-7-14)17(20,11-13-19)15-4-2-1-3-5-15/h1-9H,10-13,18-20H2. The summed E-state index contributed by atoms with van der Waals surface area (Å²) in [5.41, 5.74) is 20.9. The molecule has 0 amide bonds. The predicted molar refractivity (Wildman–Crippen MR) is 84.3 cm³/mol. The van der Waals surface area contributed by atoms with Crippen LogP contribution in [0.1, 0.15) is 23.1 Å². The van der Waals surface area contributed by atoms with Crippen LogP contribution < -0.4 is 17.2 Å². The minimum Gasteiger partial charge on any atom is -0.330 e. The van der Waals surface area contributed by atoms with E-state index in [-0.39, 0.29) is 0 Å². The molecule has 0 saturated carbocycles. The van der Waals surface area contributed by atoms with Gasteiger partial charge < -0.3 is 17.2 Å². The smallest absolute Gasteiger partial charge is 0.0677 e. The first-order chi connectivity index (χ1) is 9.70. The van der Waals surface area contributed by atoms with Crippen molar-refractivity contribution in [3.63, 3.8) is 0 Å². The first-order valence-electron chi connectivity index (χ1n) is 7.04. The highest BCUT2D eigenvalue weighted by molar-refractivity contribution is 5.39. The van der Waals surface area contributed by atoms with Gasteiger partial charge in [-0.25, -0.2) is 0 Å². The van der Waals surface area contributed by atoms with Gasteiger partial charge in [0.25, 0.3) is 0 Å². The van der Waals surface area contributed by atoms with E-state index < -0.39 is 5.54 Å². The van der Waals surface area contributed by atoms with Crippen LogP contribution in [0.2, 0.25) is 0 Å². The van der Waals surface area contributed by atoms with Gasteiger partial charge in [0.2, 0.25) is 0 Å². The summed E-state index contributed by atoms with van der Waals surface area (Å²) >= 11 is 0. The second-order valence-electron chi connectivity index (χ2n) is 5.11. The molecule has 0 aliphatic rings. The third kappa shape index (κ3) is 3.07. The van der Waals surface area contributed by atoms with E-state index in [0.717, 1.165) is 17.5 Å². The Balaban J connectivity index is 2.37. The van der Waals surface area contributed by atoms with Crippen molar-refractivity contribution in [1.82, 2.24) is 0 Å². The maximum Gasteiger partial charge on any atom is 0.0677 e. The first-order valence-corrected chi connectivity index (χ1v) is 7.04. The summed E-state index contributed by atoms with van der Waals surface area (Å²) in [7, 11) is 0. The van der Waals surface area contributed by atoms with E-state index >= 15 is 0 Å². The summed E-state index contributed by atoms with van der Waals surface area (Å²) < 4.78 is 0. The molecule has 0 fully saturated rings. The largest absolute Gasteiger partial charge is 0.330 e. The van der Waals surface area contributed by atoms with Gasteiger partial charge in [0.05, 0.1) is 5.54 Å². The average molecular weight is 269 g/mol. The zero-order valence-electron chi connectivity index (χ0n) is 11.8. The second-order valence-corrected chi connectivity index (χ2v) is 5.11. The molecule has 0 heterocycles. The lowest BCUT2D eigenvalue weighted by molar-refractivity contribution is 0.499. The molecule has 1 unspecified atom stereocenters. The molecule has 0 saturated heterocycles. The summed E-state index contributed by atoms with van der Waals surface area (Å²) in [6.45, 7) is 1.21. The number of nitrogens with two attached hydrogens (primary N) is 3. The quantitative estimate of drug-likeness (QED) is 0.747. The fourth-order valence-corrected chi connectivity index (χ4v) is 2.55. The van der Waals surface area contributed by atoms with E-state index in [1.807, 2.05) is 18.2 Å². The lowest BCUT2D eigenvalue weighted by Gasteiger charge is -2.30. The minimum atomic E-state index is -0.531. The van der Waals surface area contributed by atoms with E-state index in [0.29, 0.717) is 19.5 Å². The molecule has 2 aromatic rings. The Kier molecular flexibility index (Phi) is 4.90. The van der Waals surface area contributed by atoms with Gasteiger partial charge >= 0.3 is 0 Å². The van der Waals surface area contributed by atoms with Crippen LogP contribution in [-0.2, 0) is 12.0 Å². The van der Waals surface area contributed by atoms with Gasteiger partial charge in [0.1, 0.15) is 0 Å². The van der Waals surface area contributed by atoms with E-state index in [2.05, 4.69) is 36.4 Å². The molecular formula is C17H23N3. The maximum absolute atomic E-state index is 6.67. The highest BCUT2D eigenvalue weighted by atomic mass is 14.8. The molecule has 0 spiro atoms. The molecule has 0 radical (unpaired) electrons. The number of hydrogen-bond donors (Lipinski definition) is 3. The molecule has 20 heavy (non-hydrogen) atoms. The fourth-order valence-electron chi connectivity index (χ4n) is 2.55. The molecule has 2 rings (SSSR count). The number of rotatable bonds is 6. The van der Waals surface area contributed by atoms with Crippen molar-refractivity contribution in [2.24, 2.45) is 17.2 Å². The molecule has 2 aromatic carbocycles. The number of hydrogen-bond acceptors (Lipinski definition) is 3. The Labute approximate surface area is 120 Å². The van der Waals surface area contributed by atoms with Crippen LogP contribution >= 0.6 is 0 Å². The van der Waals surface area contributed by atoms with Gasteiger partial charge in [-0.3, -0.25) is 0 Å². The van der Waals surface area contributed by atoms with Crippen molar-refractivity contribution in [3.8, 4) is 0 Å². The van der Waals surface area contributed by atoms with Gasteiger partial charge in [0.15, 0.2) is 0 Å². The monoisotopic (exact) mass is 269 g/mol. The van der Waals surface area contributed by atoms with Crippen molar-refractivity contribution >= 4 is 0 Å². The number of benzene rings is 2. The van der Waals surface area contributed by atoms with E-state index in [1.54, 1.807) is 0 Å². The van der Waals surface area contributed by atoms with Crippen molar-refractivity contribution in [2.75, 3.05) is 13.1 Å². The SMILES string of the molecule is NCCc1ccc(C(N)(CCN)c2ccccc2)cc1. The Morgan fingerprint density at radius 1 is 0.750 bits per heavy atom. The molecule has 0 aliphatic carbocycles. The molecule has 1 atom stereocenters. The lowest BCUT2D eigenvalue weighted by Crippen LogP contribution is -2.40. The van der Waals surface area contributed by atoms with Crippen LogP contribution in [0.3, 0.4) is 0 Å². The van der Waals surface area contributed by atoms with Gasteiger partial charge in [-0.2, -0.15) is 0 Å². The second kappa shape index (κ2) is 6.66. The summed E-state index contributed by atoms with van der Waals surface area (Å²) in [6.07, 6.45) is 1.60. The molecule has 0 bridgehead atoms. The van der Waals surface area contributed by atoms with Crippen molar-refractivity contribution < 1.29 is 0 Å². The normalized spacial score (nSPS) is 13.9. The topological polar surface area (TPSA) is 78.1 Å². The van der Waals surface area contributed by atoms with Gasteiger partial charge in [0, 0.05) is 0 Å². The van der Waals surface area contributed by atoms with Crippen LogP contribution in [0.5, 0.6) is 0 Å². The van der Waals surface area contributed by atoms with Gasteiger partial charge in [-0.1, -0.05) is 54.6 Å². The van der Waals surface area contributed by atoms with E-state index in [4.69, 9.17) is 17.2 Å². The van der Waals surface area contributed by atoms with Crippen LogP contribution in [0.4, 0.5) is 0 Å². The Morgan fingerprint density at radius 3 is 1.90 bits per heavy atom. The molecule has 3 heteroatoms. The zero-order valence-corrected chi connectivity index (χ0v) is 11.8. The molecule has 0 aliphatic heterocycles. The summed E-state index contributed by atoms with van der Waals surface area (Å²) in [5.74, 6) is 0. The summed E-state index contributed by atoms with van der Waals surface area (Å²) in [5, 5.41) is 0. The van der Waals surface area contributed by atoms with Crippen LogP contribution in [-0.4, -0.2) is 13.1 Å². The minimum absolute atomic E-state index is 0.531. The van der Waals surface area contributed by atoms with Gasteiger partial charge in [-0.05, 0) is 42.6 Å². The molecule has 106 valence electrons.